The minimum absolute atomic E-state index is 0.121. The second-order valence-corrected chi connectivity index (χ2v) is 7.71. The Labute approximate surface area is 193 Å². The Hall–Kier alpha value is -3.36. The minimum atomic E-state index is -1.17. The average molecular weight is 500 g/mol. The third-order valence-electron chi connectivity index (χ3n) is 4.64. The van der Waals surface area contributed by atoms with Crippen LogP contribution in [-0.2, 0) is 14.3 Å². The zero-order valence-corrected chi connectivity index (χ0v) is 18.8. The Morgan fingerprint density at radius 3 is 2.62 bits per heavy atom. The van der Waals surface area contributed by atoms with Crippen LogP contribution in [0.3, 0.4) is 0 Å². The van der Waals surface area contributed by atoms with Crippen LogP contribution in [0.1, 0.15) is 18.6 Å². The van der Waals surface area contributed by atoms with Crippen molar-refractivity contribution < 1.29 is 29.3 Å². The van der Waals surface area contributed by atoms with Gasteiger partial charge in [0.2, 0.25) is 0 Å². The summed E-state index contributed by atoms with van der Waals surface area (Å²) in [5.41, 5.74) is 0.820. The SMILES string of the molecule is CCO[C@H](/C=C/C(=O)O)[C@H](OC(=O)Nc1cccc2ccccc12)c1cc(Br)ccc1O. The Kier molecular flexibility index (Phi) is 7.86. The van der Waals surface area contributed by atoms with Crippen molar-refractivity contribution in [1.82, 2.24) is 0 Å². The molecule has 1 amide bonds. The third-order valence-corrected chi connectivity index (χ3v) is 5.14. The number of halogens is 1. The van der Waals surface area contributed by atoms with E-state index in [2.05, 4.69) is 21.2 Å². The molecule has 0 aliphatic carbocycles. The Balaban J connectivity index is 1.94. The molecule has 2 atom stereocenters. The zero-order chi connectivity index (χ0) is 23.1. The number of phenols is 1. The molecule has 3 aromatic carbocycles. The molecule has 3 rings (SSSR count). The molecule has 7 nitrogen and oxygen atoms in total. The number of carboxylic acids is 1. The fourth-order valence-corrected chi connectivity index (χ4v) is 3.64. The highest BCUT2D eigenvalue weighted by Crippen LogP contribution is 2.34. The Morgan fingerprint density at radius 1 is 1.12 bits per heavy atom. The first-order valence-electron chi connectivity index (χ1n) is 9.85. The number of carbonyl (C=O) groups is 2. The lowest BCUT2D eigenvalue weighted by Crippen LogP contribution is -2.28. The number of aliphatic carboxylic acids is 1. The number of hydrogen-bond acceptors (Lipinski definition) is 5. The molecule has 3 N–H and O–H groups in total. The second-order valence-electron chi connectivity index (χ2n) is 6.80. The van der Waals surface area contributed by atoms with Crippen LogP contribution in [0, 0.1) is 0 Å². The molecule has 0 heterocycles. The molecule has 0 saturated heterocycles. The first-order chi connectivity index (χ1) is 15.4. The second kappa shape index (κ2) is 10.8. The van der Waals surface area contributed by atoms with Crippen LogP contribution in [0.15, 0.2) is 77.3 Å². The Morgan fingerprint density at radius 2 is 1.88 bits per heavy atom. The molecule has 3 aromatic rings. The molecule has 0 bridgehead atoms. The fraction of sp³-hybridized carbons (Fsp3) is 0.167. The van der Waals surface area contributed by atoms with E-state index in [9.17, 15) is 14.7 Å². The van der Waals surface area contributed by atoms with E-state index in [1.807, 2.05) is 36.4 Å². The van der Waals surface area contributed by atoms with Gasteiger partial charge in [0.25, 0.3) is 0 Å². The normalized spacial score (nSPS) is 13.1. The molecule has 0 aromatic heterocycles. The molecule has 0 aliphatic rings. The van der Waals surface area contributed by atoms with Crippen molar-refractivity contribution in [2.24, 2.45) is 0 Å². The summed E-state index contributed by atoms with van der Waals surface area (Å²) in [7, 11) is 0. The number of nitrogens with one attached hydrogen (secondary N) is 1. The first-order valence-corrected chi connectivity index (χ1v) is 10.6. The maximum atomic E-state index is 12.9. The van der Waals surface area contributed by atoms with Gasteiger partial charge in [0.15, 0.2) is 6.10 Å². The largest absolute Gasteiger partial charge is 0.508 e. The van der Waals surface area contributed by atoms with E-state index in [0.29, 0.717) is 10.2 Å². The zero-order valence-electron chi connectivity index (χ0n) is 17.2. The highest BCUT2D eigenvalue weighted by molar-refractivity contribution is 9.10. The summed E-state index contributed by atoms with van der Waals surface area (Å²) >= 11 is 3.34. The van der Waals surface area contributed by atoms with Crippen molar-refractivity contribution >= 4 is 44.5 Å². The summed E-state index contributed by atoms with van der Waals surface area (Å²) in [5, 5.41) is 24.0. The van der Waals surface area contributed by atoms with E-state index in [-0.39, 0.29) is 17.9 Å². The standard InChI is InChI=1S/C24H22BrNO6/c1-2-31-21(12-13-22(28)29)23(18-14-16(25)10-11-20(18)27)32-24(30)26-19-9-5-7-15-6-3-4-8-17(15)19/h3-14,21,23,27H,2H2,1H3,(H,26,30)(H,28,29)/b13-12+/t21-,23-/m1/s1. The number of benzene rings is 3. The van der Waals surface area contributed by atoms with E-state index in [4.69, 9.17) is 14.6 Å². The molecule has 32 heavy (non-hydrogen) atoms. The van der Waals surface area contributed by atoms with Gasteiger partial charge in [-0.25, -0.2) is 9.59 Å². The maximum absolute atomic E-state index is 12.9. The van der Waals surface area contributed by atoms with Gasteiger partial charge in [-0.3, -0.25) is 5.32 Å². The van der Waals surface area contributed by atoms with Crippen molar-refractivity contribution in [3.05, 3.63) is 82.9 Å². The molecule has 0 radical (unpaired) electrons. The monoisotopic (exact) mass is 499 g/mol. The van der Waals surface area contributed by atoms with E-state index in [1.54, 1.807) is 25.1 Å². The van der Waals surface area contributed by atoms with Gasteiger partial charge in [-0.05, 0) is 42.7 Å². The van der Waals surface area contributed by atoms with Gasteiger partial charge in [0, 0.05) is 28.1 Å². The van der Waals surface area contributed by atoms with Crippen LogP contribution in [0.2, 0.25) is 0 Å². The molecule has 0 aliphatic heterocycles. The summed E-state index contributed by atoms with van der Waals surface area (Å²) in [6, 6.07) is 17.7. The van der Waals surface area contributed by atoms with Crippen LogP contribution in [0.4, 0.5) is 10.5 Å². The van der Waals surface area contributed by atoms with Gasteiger partial charge >= 0.3 is 12.1 Å². The third kappa shape index (κ3) is 5.87. The highest BCUT2D eigenvalue weighted by atomic mass is 79.9. The highest BCUT2D eigenvalue weighted by Gasteiger charge is 2.29. The topological polar surface area (TPSA) is 105 Å². The average Bonchev–Trinajstić information content (AvgIpc) is 2.77. The summed E-state index contributed by atoms with van der Waals surface area (Å²) in [6.45, 7) is 1.96. The summed E-state index contributed by atoms with van der Waals surface area (Å²) in [6.07, 6.45) is -0.650. The molecule has 0 saturated carbocycles. The fourth-order valence-electron chi connectivity index (χ4n) is 3.26. The van der Waals surface area contributed by atoms with Gasteiger partial charge in [0.05, 0.1) is 5.69 Å². The van der Waals surface area contributed by atoms with E-state index in [0.717, 1.165) is 16.8 Å². The first kappa shape index (κ1) is 23.3. The summed E-state index contributed by atoms with van der Waals surface area (Å²) in [4.78, 5) is 23.9. The van der Waals surface area contributed by atoms with Crippen LogP contribution >= 0.6 is 15.9 Å². The lowest BCUT2D eigenvalue weighted by Gasteiger charge is -2.26. The van der Waals surface area contributed by atoms with Crippen LogP contribution in [0.5, 0.6) is 5.75 Å². The minimum Gasteiger partial charge on any atom is -0.508 e. The molecular formula is C24H22BrNO6. The lowest BCUT2D eigenvalue weighted by atomic mass is 10.0. The number of fused-ring (bicyclic) bond motifs is 1. The van der Waals surface area contributed by atoms with Crippen molar-refractivity contribution in [3.8, 4) is 5.75 Å². The molecule has 0 fully saturated rings. The van der Waals surface area contributed by atoms with Gasteiger partial charge < -0.3 is 19.7 Å². The number of aromatic hydroxyl groups is 1. The van der Waals surface area contributed by atoms with Crippen molar-refractivity contribution in [1.29, 1.82) is 0 Å². The van der Waals surface area contributed by atoms with E-state index in [1.165, 1.54) is 12.1 Å². The predicted molar refractivity (Wildman–Crippen MR) is 125 cm³/mol. The van der Waals surface area contributed by atoms with Gasteiger partial charge in [-0.2, -0.15) is 0 Å². The molecular weight excluding hydrogens is 478 g/mol. The van der Waals surface area contributed by atoms with Gasteiger partial charge in [-0.15, -0.1) is 0 Å². The van der Waals surface area contributed by atoms with E-state index >= 15 is 0 Å². The number of carbonyl (C=O) groups excluding carboxylic acids is 1. The number of ether oxygens (including phenoxy) is 2. The van der Waals surface area contributed by atoms with Crippen LogP contribution < -0.4 is 5.32 Å². The smallest absolute Gasteiger partial charge is 0.412 e. The Bertz CT molecular complexity index is 1140. The summed E-state index contributed by atoms with van der Waals surface area (Å²) in [5.74, 6) is -1.29. The quantitative estimate of drug-likeness (QED) is 0.346. The number of rotatable bonds is 8. The predicted octanol–water partition coefficient (Wildman–Crippen LogP) is 5.64. The van der Waals surface area contributed by atoms with Crippen molar-refractivity contribution in [2.75, 3.05) is 11.9 Å². The number of hydrogen-bond donors (Lipinski definition) is 3. The van der Waals surface area contributed by atoms with Crippen LogP contribution in [-0.4, -0.2) is 35.0 Å². The summed E-state index contributed by atoms with van der Waals surface area (Å²) < 4.78 is 12.0. The maximum Gasteiger partial charge on any atom is 0.412 e. The van der Waals surface area contributed by atoms with Gasteiger partial charge in [0.1, 0.15) is 11.9 Å². The molecule has 0 unspecified atom stereocenters. The number of anilines is 1. The van der Waals surface area contributed by atoms with Crippen molar-refractivity contribution in [2.45, 2.75) is 19.1 Å². The number of amides is 1. The van der Waals surface area contributed by atoms with Crippen molar-refractivity contribution in [3.63, 3.8) is 0 Å². The molecule has 166 valence electrons. The lowest BCUT2D eigenvalue weighted by molar-refractivity contribution is -0.131. The van der Waals surface area contributed by atoms with E-state index < -0.39 is 24.3 Å². The molecule has 0 spiro atoms. The number of phenolic OH excluding ortho intramolecular Hbond substituents is 1. The number of carboxylic acid groups (broad SMARTS) is 1. The van der Waals surface area contributed by atoms with Crippen LogP contribution in [0.25, 0.3) is 10.8 Å². The molecule has 8 heteroatoms. The van der Waals surface area contributed by atoms with Gasteiger partial charge in [-0.1, -0.05) is 52.3 Å².